The zero-order valence-electron chi connectivity index (χ0n) is 13.3. The van der Waals surface area contributed by atoms with Crippen LogP contribution >= 0.6 is 11.3 Å². The van der Waals surface area contributed by atoms with Crippen LogP contribution in [0.5, 0.6) is 0 Å². The second-order valence-electron chi connectivity index (χ2n) is 5.28. The van der Waals surface area contributed by atoms with Crippen LogP contribution in [0, 0.1) is 12.7 Å². The predicted molar refractivity (Wildman–Crippen MR) is 89.8 cm³/mol. The minimum absolute atomic E-state index is 0.187. The lowest BCUT2D eigenvalue weighted by Crippen LogP contribution is -2.41. The molecule has 0 aliphatic rings. The average molecular weight is 351 g/mol. The molecule has 128 valence electrons. The van der Waals surface area contributed by atoms with Crippen LogP contribution in [0.15, 0.2) is 30.3 Å². The number of hydrogen-bond donors (Lipinski definition) is 2. The topological polar surface area (TPSA) is 75.6 Å². The minimum atomic E-state index is -1.10. The number of nitrogens with one attached hydrogen (secondary N) is 1. The molecule has 1 aromatic carbocycles. The number of methoxy groups -OCH3 is 1. The highest BCUT2D eigenvalue weighted by molar-refractivity contribution is 7.17. The number of carbonyl (C=O) groups is 2. The van der Waals surface area contributed by atoms with Crippen LogP contribution in [0.4, 0.5) is 4.39 Å². The maximum atomic E-state index is 13.0. The highest BCUT2D eigenvalue weighted by Crippen LogP contribution is 2.32. The first-order valence-corrected chi connectivity index (χ1v) is 8.13. The summed E-state index contributed by atoms with van der Waals surface area (Å²) in [7, 11) is 1.47. The lowest BCUT2D eigenvalue weighted by Gasteiger charge is -2.13. The Labute approximate surface area is 143 Å². The number of halogens is 1. The van der Waals surface area contributed by atoms with Crippen molar-refractivity contribution in [2.24, 2.45) is 0 Å². The third-order valence-electron chi connectivity index (χ3n) is 3.46. The second kappa shape index (κ2) is 8.03. The third-order valence-corrected chi connectivity index (χ3v) is 4.75. The fraction of sp³-hybridized carbons (Fsp3) is 0.294. The van der Waals surface area contributed by atoms with Crippen molar-refractivity contribution in [3.8, 4) is 10.4 Å². The number of benzene rings is 1. The van der Waals surface area contributed by atoms with E-state index in [1.165, 1.54) is 30.6 Å². The molecule has 0 saturated carbocycles. The van der Waals surface area contributed by atoms with Gasteiger partial charge in [0.25, 0.3) is 5.91 Å². The Morgan fingerprint density at radius 3 is 2.58 bits per heavy atom. The van der Waals surface area contributed by atoms with Gasteiger partial charge in [0.2, 0.25) is 0 Å². The van der Waals surface area contributed by atoms with Gasteiger partial charge in [-0.15, -0.1) is 11.3 Å². The fourth-order valence-corrected chi connectivity index (χ4v) is 3.29. The Hall–Kier alpha value is -2.25. The van der Waals surface area contributed by atoms with Crippen molar-refractivity contribution in [2.75, 3.05) is 13.7 Å². The highest BCUT2D eigenvalue weighted by Gasteiger charge is 2.22. The van der Waals surface area contributed by atoms with Crippen molar-refractivity contribution in [3.63, 3.8) is 0 Å². The van der Waals surface area contributed by atoms with Gasteiger partial charge in [0.15, 0.2) is 0 Å². The van der Waals surface area contributed by atoms with E-state index >= 15 is 0 Å². The molecule has 2 rings (SSSR count). The Balaban J connectivity index is 2.17. The highest BCUT2D eigenvalue weighted by atomic mass is 32.1. The van der Waals surface area contributed by atoms with Gasteiger partial charge in [-0.25, -0.2) is 9.18 Å². The molecule has 1 unspecified atom stereocenters. The van der Waals surface area contributed by atoms with Crippen molar-refractivity contribution in [1.29, 1.82) is 0 Å². The van der Waals surface area contributed by atoms with Crippen molar-refractivity contribution in [2.45, 2.75) is 19.4 Å². The number of ether oxygens (including phenoxy) is 1. The van der Waals surface area contributed by atoms with Gasteiger partial charge >= 0.3 is 5.97 Å². The van der Waals surface area contributed by atoms with Gasteiger partial charge in [0.1, 0.15) is 11.9 Å². The summed E-state index contributed by atoms with van der Waals surface area (Å²) in [5.41, 5.74) is 1.69. The predicted octanol–water partition coefficient (Wildman–Crippen LogP) is 3.08. The number of aliphatic carboxylic acids is 1. The molecular weight excluding hydrogens is 333 g/mol. The van der Waals surface area contributed by atoms with Gasteiger partial charge in [0.05, 0.1) is 4.88 Å². The molecular formula is C17H18FNO4S. The summed E-state index contributed by atoms with van der Waals surface area (Å²) in [6, 6.07) is 6.71. The summed E-state index contributed by atoms with van der Waals surface area (Å²) in [6.07, 6.45) is 0.187. The van der Waals surface area contributed by atoms with Gasteiger partial charge in [-0.3, -0.25) is 4.79 Å². The molecule has 2 N–H and O–H groups in total. The van der Waals surface area contributed by atoms with E-state index in [0.717, 1.165) is 16.0 Å². The van der Waals surface area contributed by atoms with Crippen molar-refractivity contribution in [3.05, 3.63) is 46.6 Å². The van der Waals surface area contributed by atoms with Crippen LogP contribution in [-0.4, -0.2) is 36.7 Å². The summed E-state index contributed by atoms with van der Waals surface area (Å²) in [6.45, 7) is 2.09. The van der Waals surface area contributed by atoms with Crippen LogP contribution < -0.4 is 5.32 Å². The van der Waals surface area contributed by atoms with Crippen LogP contribution in [-0.2, 0) is 9.53 Å². The molecule has 0 radical (unpaired) electrons. The number of amides is 1. The van der Waals surface area contributed by atoms with Gasteiger partial charge in [0, 0.05) is 25.0 Å². The minimum Gasteiger partial charge on any atom is -0.480 e. The molecule has 24 heavy (non-hydrogen) atoms. The zero-order chi connectivity index (χ0) is 17.7. The number of thiophene rings is 1. The summed E-state index contributed by atoms with van der Waals surface area (Å²) in [5, 5.41) is 11.7. The number of carboxylic acid groups (broad SMARTS) is 1. The Morgan fingerprint density at radius 2 is 2.00 bits per heavy atom. The molecule has 1 amide bonds. The van der Waals surface area contributed by atoms with E-state index in [0.29, 0.717) is 4.88 Å². The summed E-state index contributed by atoms with van der Waals surface area (Å²) in [4.78, 5) is 24.8. The number of hydrogen-bond acceptors (Lipinski definition) is 4. The fourth-order valence-electron chi connectivity index (χ4n) is 2.20. The van der Waals surface area contributed by atoms with E-state index < -0.39 is 17.9 Å². The maximum Gasteiger partial charge on any atom is 0.326 e. The number of rotatable bonds is 7. The van der Waals surface area contributed by atoms with E-state index in [4.69, 9.17) is 9.84 Å². The molecule has 0 saturated heterocycles. The van der Waals surface area contributed by atoms with Gasteiger partial charge < -0.3 is 15.2 Å². The van der Waals surface area contributed by atoms with Crippen molar-refractivity contribution >= 4 is 23.2 Å². The first-order valence-electron chi connectivity index (χ1n) is 7.31. The number of carbonyl (C=O) groups excluding carboxylic acids is 1. The summed E-state index contributed by atoms with van der Waals surface area (Å²) in [5.74, 6) is -1.87. The van der Waals surface area contributed by atoms with E-state index in [1.54, 1.807) is 18.2 Å². The second-order valence-corrected chi connectivity index (χ2v) is 6.33. The Morgan fingerprint density at radius 1 is 1.33 bits per heavy atom. The van der Waals surface area contributed by atoms with Crippen LogP contribution in [0.25, 0.3) is 10.4 Å². The Kier molecular flexibility index (Phi) is 6.05. The van der Waals surface area contributed by atoms with Crippen LogP contribution in [0.2, 0.25) is 0 Å². The molecule has 2 aromatic rings. The molecule has 0 fully saturated rings. The zero-order valence-corrected chi connectivity index (χ0v) is 14.2. The molecule has 0 aliphatic carbocycles. The van der Waals surface area contributed by atoms with Gasteiger partial charge in [-0.05, 0) is 36.2 Å². The Bertz CT molecular complexity index is 727. The molecule has 1 atom stereocenters. The molecule has 0 spiro atoms. The molecule has 0 bridgehead atoms. The van der Waals surface area contributed by atoms with E-state index in [1.807, 2.05) is 6.92 Å². The molecule has 1 heterocycles. The average Bonchev–Trinajstić information content (AvgIpc) is 2.93. The molecule has 1 aromatic heterocycles. The third kappa shape index (κ3) is 4.39. The van der Waals surface area contributed by atoms with Crippen molar-refractivity contribution in [1.82, 2.24) is 5.32 Å². The van der Waals surface area contributed by atoms with E-state index in [2.05, 4.69) is 5.32 Å². The first kappa shape index (κ1) is 18.1. The lowest BCUT2D eigenvalue weighted by molar-refractivity contribution is -0.139. The van der Waals surface area contributed by atoms with Crippen molar-refractivity contribution < 1.29 is 23.8 Å². The van der Waals surface area contributed by atoms with Gasteiger partial charge in [-0.1, -0.05) is 12.1 Å². The van der Waals surface area contributed by atoms with Crippen LogP contribution in [0.3, 0.4) is 0 Å². The lowest BCUT2D eigenvalue weighted by atomic mass is 10.1. The molecule has 0 aliphatic heterocycles. The van der Waals surface area contributed by atoms with Gasteiger partial charge in [-0.2, -0.15) is 0 Å². The standard InChI is InChI=1S/C17H18FNO4S/c1-10-9-14(16(20)19-13(17(21)22)7-8-23-2)24-15(10)11-3-5-12(18)6-4-11/h3-6,9,13H,7-8H2,1-2H3,(H,19,20)(H,21,22). The normalized spacial score (nSPS) is 12.0. The number of aryl methyl sites for hydroxylation is 1. The summed E-state index contributed by atoms with van der Waals surface area (Å²) >= 11 is 1.25. The van der Waals surface area contributed by atoms with Crippen LogP contribution in [0.1, 0.15) is 21.7 Å². The monoisotopic (exact) mass is 351 g/mol. The molecule has 7 heteroatoms. The number of carboxylic acids is 1. The first-order chi connectivity index (χ1) is 11.4. The largest absolute Gasteiger partial charge is 0.480 e. The SMILES string of the molecule is COCCC(NC(=O)c1cc(C)c(-c2ccc(F)cc2)s1)C(=O)O. The molecule has 5 nitrogen and oxygen atoms in total. The summed E-state index contributed by atoms with van der Waals surface area (Å²) < 4.78 is 17.9. The van der Waals surface area contributed by atoms with E-state index in [-0.39, 0.29) is 18.8 Å². The maximum absolute atomic E-state index is 13.0. The van der Waals surface area contributed by atoms with E-state index in [9.17, 15) is 14.0 Å². The smallest absolute Gasteiger partial charge is 0.326 e. The quantitative estimate of drug-likeness (QED) is 0.804.